The summed E-state index contributed by atoms with van der Waals surface area (Å²) in [5, 5.41) is 22.1. The lowest BCUT2D eigenvalue weighted by molar-refractivity contribution is -0.386. The van der Waals surface area contributed by atoms with Crippen LogP contribution in [0.2, 0.25) is 5.02 Å². The molecule has 5 nitrogen and oxygen atoms in total. The zero-order valence-electron chi connectivity index (χ0n) is 13.8. The Bertz CT molecular complexity index is 732. The second-order valence-corrected chi connectivity index (χ2v) is 6.46. The summed E-state index contributed by atoms with van der Waals surface area (Å²) in [6.45, 7) is 0.849. The van der Waals surface area contributed by atoms with Crippen molar-refractivity contribution >= 4 is 17.3 Å². The number of rotatable bonds is 7. The van der Waals surface area contributed by atoms with Crippen molar-refractivity contribution in [2.45, 2.75) is 19.3 Å². The molecule has 0 aliphatic carbocycles. The standard InChI is InChI=1S/C18H21ClN2O3/c1-20(2)9-5-7-15-11-13(12-17(18(15)22)21(23)24)10-14-6-3-4-8-16(14)19/h3-4,6,8,11-12,22H,5,7,9-10H2,1-2H3. The van der Waals surface area contributed by atoms with Crippen molar-refractivity contribution < 1.29 is 10.0 Å². The Morgan fingerprint density at radius 3 is 2.54 bits per heavy atom. The third-order valence-electron chi connectivity index (χ3n) is 3.83. The number of halogens is 1. The van der Waals surface area contributed by atoms with Crippen molar-refractivity contribution in [3.05, 3.63) is 68.2 Å². The lowest BCUT2D eigenvalue weighted by atomic mass is 9.98. The molecular formula is C18H21ClN2O3. The van der Waals surface area contributed by atoms with Crippen LogP contribution in [0.15, 0.2) is 36.4 Å². The van der Waals surface area contributed by atoms with Gasteiger partial charge in [0.15, 0.2) is 5.75 Å². The van der Waals surface area contributed by atoms with Crippen LogP contribution in [0.1, 0.15) is 23.1 Å². The first-order valence-corrected chi connectivity index (χ1v) is 8.13. The largest absolute Gasteiger partial charge is 0.502 e. The topological polar surface area (TPSA) is 66.6 Å². The Balaban J connectivity index is 2.32. The van der Waals surface area contributed by atoms with Gasteiger partial charge in [-0.15, -0.1) is 0 Å². The first-order valence-electron chi connectivity index (χ1n) is 7.75. The van der Waals surface area contributed by atoms with Crippen LogP contribution in [-0.4, -0.2) is 35.6 Å². The number of hydrogen-bond donors (Lipinski definition) is 1. The maximum Gasteiger partial charge on any atom is 0.311 e. The van der Waals surface area contributed by atoms with E-state index in [2.05, 4.69) is 0 Å². The molecule has 2 aromatic rings. The third-order valence-corrected chi connectivity index (χ3v) is 4.20. The zero-order chi connectivity index (χ0) is 17.7. The summed E-state index contributed by atoms with van der Waals surface area (Å²) in [5.41, 5.74) is 2.03. The van der Waals surface area contributed by atoms with E-state index >= 15 is 0 Å². The number of nitro benzene ring substituents is 1. The van der Waals surface area contributed by atoms with Crippen molar-refractivity contribution in [1.82, 2.24) is 4.90 Å². The molecule has 128 valence electrons. The number of phenolic OH excluding ortho intramolecular Hbond substituents is 1. The van der Waals surface area contributed by atoms with Crippen LogP contribution in [-0.2, 0) is 12.8 Å². The summed E-state index contributed by atoms with van der Waals surface area (Å²) in [6.07, 6.45) is 1.88. The van der Waals surface area contributed by atoms with E-state index in [4.69, 9.17) is 11.6 Å². The Kier molecular flexibility index (Phi) is 6.17. The van der Waals surface area contributed by atoms with Crippen molar-refractivity contribution in [3.63, 3.8) is 0 Å². The Labute approximate surface area is 146 Å². The first-order chi connectivity index (χ1) is 11.4. The number of benzene rings is 2. The molecule has 2 aromatic carbocycles. The summed E-state index contributed by atoms with van der Waals surface area (Å²) >= 11 is 6.18. The fourth-order valence-electron chi connectivity index (χ4n) is 2.62. The second kappa shape index (κ2) is 8.13. The normalized spacial score (nSPS) is 11.0. The molecule has 0 bridgehead atoms. The summed E-state index contributed by atoms with van der Waals surface area (Å²) < 4.78 is 0. The van der Waals surface area contributed by atoms with Gasteiger partial charge in [-0.25, -0.2) is 0 Å². The monoisotopic (exact) mass is 348 g/mol. The minimum atomic E-state index is -0.541. The Hall–Kier alpha value is -2.11. The summed E-state index contributed by atoms with van der Waals surface area (Å²) in [7, 11) is 3.94. The molecule has 1 N–H and O–H groups in total. The van der Waals surface area contributed by atoms with Crippen molar-refractivity contribution in [3.8, 4) is 5.75 Å². The number of aryl methyl sites for hydroxylation is 1. The average Bonchev–Trinajstić information content (AvgIpc) is 2.51. The molecule has 0 radical (unpaired) electrons. The van der Waals surface area contributed by atoms with Gasteiger partial charge in [0.2, 0.25) is 0 Å². The van der Waals surface area contributed by atoms with E-state index < -0.39 is 4.92 Å². The quantitative estimate of drug-likeness (QED) is 0.605. The van der Waals surface area contributed by atoms with Gasteiger partial charge >= 0.3 is 5.69 Å². The van der Waals surface area contributed by atoms with Crippen LogP contribution < -0.4 is 0 Å². The average molecular weight is 349 g/mol. The molecule has 0 atom stereocenters. The van der Waals surface area contributed by atoms with Gasteiger partial charge in [-0.2, -0.15) is 0 Å². The van der Waals surface area contributed by atoms with E-state index in [1.807, 2.05) is 43.3 Å². The van der Waals surface area contributed by atoms with Gasteiger partial charge < -0.3 is 10.0 Å². The fourth-order valence-corrected chi connectivity index (χ4v) is 2.82. The molecule has 0 saturated carbocycles. The van der Waals surface area contributed by atoms with Gasteiger partial charge in [0.05, 0.1) is 4.92 Å². The number of hydrogen-bond acceptors (Lipinski definition) is 4. The predicted octanol–water partition coefficient (Wildman–Crippen LogP) is 4.04. The highest BCUT2D eigenvalue weighted by molar-refractivity contribution is 6.31. The van der Waals surface area contributed by atoms with Gasteiger partial charge in [0, 0.05) is 16.7 Å². The minimum Gasteiger partial charge on any atom is -0.502 e. The predicted molar refractivity (Wildman–Crippen MR) is 95.9 cm³/mol. The maximum atomic E-state index is 11.2. The number of aromatic hydroxyl groups is 1. The third kappa shape index (κ3) is 4.69. The van der Waals surface area contributed by atoms with Gasteiger partial charge in [0.25, 0.3) is 0 Å². The minimum absolute atomic E-state index is 0.235. The zero-order valence-corrected chi connectivity index (χ0v) is 14.6. The van der Waals surface area contributed by atoms with E-state index in [0.717, 1.165) is 24.1 Å². The van der Waals surface area contributed by atoms with E-state index in [-0.39, 0.29) is 11.4 Å². The van der Waals surface area contributed by atoms with Crippen molar-refractivity contribution in [1.29, 1.82) is 0 Å². The van der Waals surface area contributed by atoms with E-state index in [1.165, 1.54) is 6.07 Å². The second-order valence-electron chi connectivity index (χ2n) is 6.05. The molecule has 6 heteroatoms. The van der Waals surface area contributed by atoms with E-state index in [1.54, 1.807) is 6.07 Å². The van der Waals surface area contributed by atoms with Crippen LogP contribution in [0.4, 0.5) is 5.69 Å². The molecule has 0 fully saturated rings. The molecule has 0 saturated heterocycles. The van der Waals surface area contributed by atoms with Gasteiger partial charge in [-0.05, 0) is 57.1 Å². The van der Waals surface area contributed by atoms with Crippen LogP contribution >= 0.6 is 11.6 Å². The van der Waals surface area contributed by atoms with Crippen molar-refractivity contribution in [2.24, 2.45) is 0 Å². The lowest BCUT2D eigenvalue weighted by Gasteiger charge is -2.12. The molecule has 2 rings (SSSR count). The summed E-state index contributed by atoms with van der Waals surface area (Å²) in [5.74, 6) is -0.235. The smallest absolute Gasteiger partial charge is 0.311 e. The number of nitrogens with zero attached hydrogens (tertiary/aromatic N) is 2. The highest BCUT2D eigenvalue weighted by Crippen LogP contribution is 2.33. The molecule has 0 spiro atoms. The van der Waals surface area contributed by atoms with Crippen LogP contribution in [0.3, 0.4) is 0 Å². The highest BCUT2D eigenvalue weighted by atomic mass is 35.5. The molecule has 0 aliphatic heterocycles. The van der Waals surface area contributed by atoms with Crippen LogP contribution in [0.25, 0.3) is 0 Å². The van der Waals surface area contributed by atoms with Crippen LogP contribution in [0.5, 0.6) is 5.75 Å². The molecule has 0 aromatic heterocycles. The van der Waals surface area contributed by atoms with E-state index in [9.17, 15) is 15.2 Å². The van der Waals surface area contributed by atoms with Gasteiger partial charge in [0.1, 0.15) is 0 Å². The summed E-state index contributed by atoms with van der Waals surface area (Å²) in [6, 6.07) is 10.7. The molecule has 0 unspecified atom stereocenters. The molecular weight excluding hydrogens is 328 g/mol. The first kappa shape index (κ1) is 18.2. The molecule has 0 amide bonds. The lowest BCUT2D eigenvalue weighted by Crippen LogP contribution is -2.13. The van der Waals surface area contributed by atoms with Gasteiger partial charge in [-0.1, -0.05) is 35.9 Å². The Morgan fingerprint density at radius 1 is 1.21 bits per heavy atom. The number of nitro groups is 1. The molecule has 0 heterocycles. The highest BCUT2D eigenvalue weighted by Gasteiger charge is 2.19. The maximum absolute atomic E-state index is 11.2. The molecule has 0 aliphatic rings. The number of phenols is 1. The van der Waals surface area contributed by atoms with Crippen molar-refractivity contribution in [2.75, 3.05) is 20.6 Å². The summed E-state index contributed by atoms with van der Waals surface area (Å²) in [4.78, 5) is 12.7. The van der Waals surface area contributed by atoms with Crippen LogP contribution in [0, 0.1) is 10.1 Å². The fraction of sp³-hybridized carbons (Fsp3) is 0.333. The molecule has 24 heavy (non-hydrogen) atoms. The van der Waals surface area contributed by atoms with E-state index in [0.29, 0.717) is 23.4 Å². The van der Waals surface area contributed by atoms with Gasteiger partial charge in [-0.3, -0.25) is 10.1 Å². The SMILES string of the molecule is CN(C)CCCc1cc(Cc2ccccc2Cl)cc([N+](=O)[O-])c1O. The Morgan fingerprint density at radius 2 is 1.92 bits per heavy atom.